The van der Waals surface area contributed by atoms with Crippen LogP contribution in [-0.2, 0) is 7.05 Å². The summed E-state index contributed by atoms with van der Waals surface area (Å²) >= 11 is 3.39. The Morgan fingerprint density at radius 1 is 1.30 bits per heavy atom. The number of hydrogen-bond acceptors (Lipinski definition) is 4. The van der Waals surface area contributed by atoms with Crippen LogP contribution in [0.3, 0.4) is 0 Å². The molecule has 0 radical (unpaired) electrons. The Kier molecular flexibility index (Phi) is 3.99. The summed E-state index contributed by atoms with van der Waals surface area (Å²) in [5.41, 5.74) is 1.29. The van der Waals surface area contributed by atoms with Crippen molar-refractivity contribution >= 4 is 21.9 Å². The van der Waals surface area contributed by atoms with E-state index in [2.05, 4.69) is 21.0 Å². The third-order valence-corrected chi connectivity index (χ3v) is 3.28. The van der Waals surface area contributed by atoms with E-state index in [1.54, 1.807) is 20.2 Å². The van der Waals surface area contributed by atoms with E-state index in [4.69, 9.17) is 14.6 Å². The van der Waals surface area contributed by atoms with E-state index < -0.39 is 5.97 Å². The highest BCUT2D eigenvalue weighted by atomic mass is 79.9. The second-order valence-corrected chi connectivity index (χ2v) is 4.95. The highest BCUT2D eigenvalue weighted by Crippen LogP contribution is 2.40. The molecular formula is C13H13BrN2O4. The lowest BCUT2D eigenvalue weighted by atomic mass is 10.1. The van der Waals surface area contributed by atoms with E-state index in [9.17, 15) is 4.79 Å². The van der Waals surface area contributed by atoms with Crippen molar-refractivity contribution in [2.75, 3.05) is 14.2 Å². The molecule has 0 saturated carbocycles. The molecule has 2 rings (SSSR count). The summed E-state index contributed by atoms with van der Waals surface area (Å²) in [6.07, 6.45) is 0. The van der Waals surface area contributed by atoms with E-state index in [0.29, 0.717) is 22.8 Å². The maximum absolute atomic E-state index is 11.0. The van der Waals surface area contributed by atoms with E-state index >= 15 is 0 Å². The first-order valence-corrected chi connectivity index (χ1v) is 6.46. The van der Waals surface area contributed by atoms with Crippen molar-refractivity contribution in [1.82, 2.24) is 9.78 Å². The second-order valence-electron chi connectivity index (χ2n) is 4.03. The largest absolute Gasteiger partial charge is 0.493 e. The van der Waals surface area contributed by atoms with Crippen LogP contribution in [0.1, 0.15) is 10.5 Å². The first-order chi connectivity index (χ1) is 9.47. The van der Waals surface area contributed by atoms with Crippen molar-refractivity contribution < 1.29 is 19.4 Å². The van der Waals surface area contributed by atoms with Gasteiger partial charge in [-0.1, -0.05) is 15.9 Å². The van der Waals surface area contributed by atoms with E-state index in [1.807, 2.05) is 6.07 Å². The van der Waals surface area contributed by atoms with Crippen LogP contribution >= 0.6 is 15.9 Å². The fourth-order valence-electron chi connectivity index (χ4n) is 1.94. The molecular weight excluding hydrogens is 328 g/mol. The Bertz CT molecular complexity index is 667. The number of carboxylic acid groups (broad SMARTS) is 1. The monoisotopic (exact) mass is 340 g/mol. The fraction of sp³-hybridized carbons (Fsp3) is 0.231. The molecule has 0 amide bonds. The molecule has 0 spiro atoms. The summed E-state index contributed by atoms with van der Waals surface area (Å²) in [6.45, 7) is 0. The van der Waals surface area contributed by atoms with Crippen LogP contribution in [0.5, 0.6) is 11.5 Å². The van der Waals surface area contributed by atoms with Gasteiger partial charge in [-0.3, -0.25) is 4.68 Å². The minimum Gasteiger partial charge on any atom is -0.493 e. The highest BCUT2D eigenvalue weighted by Gasteiger charge is 2.19. The predicted molar refractivity (Wildman–Crippen MR) is 76.4 cm³/mol. The number of hydrogen-bond donors (Lipinski definition) is 1. The summed E-state index contributed by atoms with van der Waals surface area (Å²) in [7, 11) is 4.75. The molecule has 1 heterocycles. The zero-order chi connectivity index (χ0) is 14.9. The third kappa shape index (κ3) is 2.49. The van der Waals surface area contributed by atoms with Crippen LogP contribution in [0.4, 0.5) is 0 Å². The first-order valence-electron chi connectivity index (χ1n) is 5.67. The maximum atomic E-state index is 11.0. The molecule has 7 heteroatoms. The first kappa shape index (κ1) is 14.4. The van der Waals surface area contributed by atoms with Crippen molar-refractivity contribution in [2.24, 2.45) is 7.05 Å². The minimum atomic E-state index is -1.08. The lowest BCUT2D eigenvalue weighted by molar-refractivity contribution is 0.0689. The zero-order valence-electron chi connectivity index (χ0n) is 11.2. The normalized spacial score (nSPS) is 10.4. The average molecular weight is 341 g/mol. The smallest absolute Gasteiger partial charge is 0.356 e. The van der Waals surface area contributed by atoms with Gasteiger partial charge in [-0.25, -0.2) is 4.79 Å². The van der Waals surface area contributed by atoms with Crippen molar-refractivity contribution in [3.8, 4) is 22.8 Å². The number of aromatic carboxylic acids is 1. The molecule has 20 heavy (non-hydrogen) atoms. The van der Waals surface area contributed by atoms with Gasteiger partial charge in [0.2, 0.25) is 0 Å². The number of rotatable bonds is 4. The summed E-state index contributed by atoms with van der Waals surface area (Å²) in [4.78, 5) is 11.0. The lowest BCUT2D eigenvalue weighted by Gasteiger charge is -2.13. The maximum Gasteiger partial charge on any atom is 0.356 e. The molecule has 0 unspecified atom stereocenters. The van der Waals surface area contributed by atoms with Gasteiger partial charge in [0.15, 0.2) is 17.2 Å². The summed E-state index contributed by atoms with van der Waals surface area (Å²) in [5, 5.41) is 13.0. The van der Waals surface area contributed by atoms with Gasteiger partial charge < -0.3 is 14.6 Å². The Morgan fingerprint density at radius 2 is 2.00 bits per heavy atom. The number of benzene rings is 1. The SMILES string of the molecule is COc1cc(Br)cc(-c2cc(C(=O)O)nn2C)c1OC. The van der Waals surface area contributed by atoms with Gasteiger partial charge in [-0.15, -0.1) is 0 Å². The molecule has 6 nitrogen and oxygen atoms in total. The predicted octanol–water partition coefficient (Wildman–Crippen LogP) is 2.57. The van der Waals surface area contributed by atoms with Gasteiger partial charge >= 0.3 is 5.97 Å². The van der Waals surface area contributed by atoms with E-state index in [-0.39, 0.29) is 5.69 Å². The number of aryl methyl sites for hydroxylation is 1. The lowest BCUT2D eigenvalue weighted by Crippen LogP contribution is -2.00. The van der Waals surface area contributed by atoms with Crippen molar-refractivity contribution in [1.29, 1.82) is 0 Å². The van der Waals surface area contributed by atoms with Gasteiger partial charge in [0.05, 0.1) is 19.9 Å². The molecule has 2 aromatic rings. The van der Waals surface area contributed by atoms with Crippen LogP contribution in [0.2, 0.25) is 0 Å². The highest BCUT2D eigenvalue weighted by molar-refractivity contribution is 9.10. The molecule has 1 N–H and O–H groups in total. The third-order valence-electron chi connectivity index (χ3n) is 2.82. The Hall–Kier alpha value is -2.02. The van der Waals surface area contributed by atoms with Gasteiger partial charge in [-0.2, -0.15) is 5.10 Å². The van der Waals surface area contributed by atoms with Crippen LogP contribution in [0.25, 0.3) is 11.3 Å². The van der Waals surface area contributed by atoms with E-state index in [1.165, 1.54) is 17.9 Å². The van der Waals surface area contributed by atoms with Crippen LogP contribution in [-0.4, -0.2) is 35.1 Å². The van der Waals surface area contributed by atoms with E-state index in [0.717, 1.165) is 4.47 Å². The number of nitrogens with zero attached hydrogens (tertiary/aromatic N) is 2. The van der Waals surface area contributed by atoms with Crippen LogP contribution in [0, 0.1) is 0 Å². The van der Waals surface area contributed by atoms with Gasteiger partial charge in [0.1, 0.15) is 0 Å². The Balaban J connectivity index is 2.68. The van der Waals surface area contributed by atoms with Gasteiger partial charge in [0.25, 0.3) is 0 Å². The van der Waals surface area contributed by atoms with Gasteiger partial charge in [-0.05, 0) is 18.2 Å². The van der Waals surface area contributed by atoms with Crippen LogP contribution in [0.15, 0.2) is 22.7 Å². The minimum absolute atomic E-state index is 0.0245. The molecule has 0 bridgehead atoms. The molecule has 106 valence electrons. The molecule has 0 aliphatic rings. The number of halogens is 1. The topological polar surface area (TPSA) is 73.6 Å². The number of carboxylic acids is 1. The standard InChI is InChI=1S/C13H13BrN2O4/c1-16-10(6-9(15-16)13(17)18)8-4-7(14)5-11(19-2)12(8)20-3/h4-6H,1-3H3,(H,17,18). The molecule has 0 atom stereocenters. The fourth-order valence-corrected chi connectivity index (χ4v) is 2.38. The Morgan fingerprint density at radius 3 is 2.50 bits per heavy atom. The number of ether oxygens (including phenoxy) is 2. The number of carbonyl (C=O) groups is 1. The summed E-state index contributed by atoms with van der Waals surface area (Å²) in [6, 6.07) is 5.09. The summed E-state index contributed by atoms with van der Waals surface area (Å²) < 4.78 is 12.9. The number of aromatic nitrogens is 2. The molecule has 1 aromatic heterocycles. The molecule has 0 fully saturated rings. The molecule has 0 aliphatic carbocycles. The van der Waals surface area contributed by atoms with Crippen LogP contribution < -0.4 is 9.47 Å². The summed E-state index contributed by atoms with van der Waals surface area (Å²) in [5.74, 6) is -0.00151. The average Bonchev–Trinajstić information content (AvgIpc) is 2.79. The molecule has 0 saturated heterocycles. The van der Waals surface area contributed by atoms with Gasteiger partial charge in [0, 0.05) is 17.1 Å². The quantitative estimate of drug-likeness (QED) is 0.925. The van der Waals surface area contributed by atoms with Crippen molar-refractivity contribution in [2.45, 2.75) is 0 Å². The number of methoxy groups -OCH3 is 2. The van der Waals surface area contributed by atoms with Crippen molar-refractivity contribution in [3.63, 3.8) is 0 Å². The Labute approximate surface area is 124 Å². The second kappa shape index (κ2) is 5.54. The molecule has 0 aliphatic heterocycles. The molecule has 1 aromatic carbocycles. The van der Waals surface area contributed by atoms with Crippen molar-refractivity contribution in [3.05, 3.63) is 28.4 Å². The zero-order valence-corrected chi connectivity index (χ0v) is 12.8.